The van der Waals surface area contributed by atoms with Crippen LogP contribution in [0.5, 0.6) is 5.88 Å². The van der Waals surface area contributed by atoms with Crippen LogP contribution in [-0.4, -0.2) is 34.6 Å². The number of nitrogens with zero attached hydrogens (tertiary/aromatic N) is 2. The zero-order valence-electron chi connectivity index (χ0n) is 9.86. The van der Waals surface area contributed by atoms with Crippen LogP contribution in [0.25, 0.3) is 11.2 Å². The van der Waals surface area contributed by atoms with Gasteiger partial charge in [-0.2, -0.15) is 4.98 Å². The van der Waals surface area contributed by atoms with Crippen molar-refractivity contribution in [1.82, 2.24) is 20.3 Å². The topological polar surface area (TPSA) is 62.8 Å². The van der Waals surface area contributed by atoms with Gasteiger partial charge in [-0.05, 0) is 18.9 Å². The van der Waals surface area contributed by atoms with Crippen LogP contribution in [0, 0.1) is 0 Å². The van der Waals surface area contributed by atoms with E-state index in [9.17, 15) is 0 Å². The van der Waals surface area contributed by atoms with Crippen molar-refractivity contribution in [2.45, 2.75) is 25.3 Å². The number of hydrogen-bond acceptors (Lipinski definition) is 4. The Morgan fingerprint density at radius 1 is 1.41 bits per heavy atom. The SMILES string of the molecule is COc1ccc2[nH]c(CCNC3CC3)nc2n1. The van der Waals surface area contributed by atoms with Gasteiger partial charge in [0, 0.05) is 25.1 Å². The molecule has 0 atom stereocenters. The Kier molecular flexibility index (Phi) is 2.68. The van der Waals surface area contributed by atoms with Crippen LogP contribution in [0.15, 0.2) is 12.1 Å². The molecule has 5 nitrogen and oxygen atoms in total. The molecule has 0 spiro atoms. The number of aromatic amines is 1. The first-order chi connectivity index (χ1) is 8.35. The predicted molar refractivity (Wildman–Crippen MR) is 65.2 cm³/mol. The van der Waals surface area contributed by atoms with E-state index in [0.717, 1.165) is 36.0 Å². The Hall–Kier alpha value is -1.62. The van der Waals surface area contributed by atoms with Crippen molar-refractivity contribution in [3.8, 4) is 5.88 Å². The van der Waals surface area contributed by atoms with Crippen LogP contribution in [0.2, 0.25) is 0 Å². The number of pyridine rings is 1. The van der Waals surface area contributed by atoms with Crippen molar-refractivity contribution < 1.29 is 4.74 Å². The number of aromatic nitrogens is 3. The largest absolute Gasteiger partial charge is 0.481 e. The first kappa shape index (κ1) is 10.5. The Labute approximate surface area is 99.6 Å². The molecule has 90 valence electrons. The molecule has 0 unspecified atom stereocenters. The summed E-state index contributed by atoms with van der Waals surface area (Å²) >= 11 is 0. The van der Waals surface area contributed by atoms with Crippen LogP contribution in [0.4, 0.5) is 0 Å². The molecule has 2 heterocycles. The van der Waals surface area contributed by atoms with E-state index in [1.165, 1.54) is 12.8 Å². The van der Waals surface area contributed by atoms with Crippen molar-refractivity contribution in [2.24, 2.45) is 0 Å². The molecular weight excluding hydrogens is 216 g/mol. The maximum Gasteiger partial charge on any atom is 0.215 e. The van der Waals surface area contributed by atoms with Crippen LogP contribution in [0.3, 0.4) is 0 Å². The van der Waals surface area contributed by atoms with Gasteiger partial charge >= 0.3 is 0 Å². The number of imidazole rings is 1. The average molecular weight is 232 g/mol. The Morgan fingerprint density at radius 3 is 3.06 bits per heavy atom. The minimum Gasteiger partial charge on any atom is -0.481 e. The molecule has 0 amide bonds. The van der Waals surface area contributed by atoms with Crippen molar-refractivity contribution in [1.29, 1.82) is 0 Å². The molecule has 1 aliphatic carbocycles. The lowest BCUT2D eigenvalue weighted by Gasteiger charge is -1.98. The normalized spacial score (nSPS) is 15.4. The van der Waals surface area contributed by atoms with Crippen molar-refractivity contribution in [3.63, 3.8) is 0 Å². The summed E-state index contributed by atoms with van der Waals surface area (Å²) in [6, 6.07) is 4.54. The van der Waals surface area contributed by atoms with Gasteiger partial charge in [-0.3, -0.25) is 0 Å². The van der Waals surface area contributed by atoms with Gasteiger partial charge < -0.3 is 15.0 Å². The number of methoxy groups -OCH3 is 1. The Morgan fingerprint density at radius 2 is 2.29 bits per heavy atom. The summed E-state index contributed by atoms with van der Waals surface area (Å²) in [6.45, 7) is 0.974. The lowest BCUT2D eigenvalue weighted by Crippen LogP contribution is -2.19. The van der Waals surface area contributed by atoms with Crippen LogP contribution in [0.1, 0.15) is 18.7 Å². The third-order valence-corrected chi connectivity index (χ3v) is 2.95. The lowest BCUT2D eigenvalue weighted by molar-refractivity contribution is 0.399. The van der Waals surface area contributed by atoms with Crippen LogP contribution < -0.4 is 10.1 Å². The third kappa shape index (κ3) is 2.39. The van der Waals surface area contributed by atoms with E-state index in [1.54, 1.807) is 7.11 Å². The highest BCUT2D eigenvalue weighted by Gasteiger charge is 2.19. The second kappa shape index (κ2) is 4.33. The van der Waals surface area contributed by atoms with E-state index in [-0.39, 0.29) is 0 Å². The quantitative estimate of drug-likeness (QED) is 0.814. The number of nitrogens with one attached hydrogen (secondary N) is 2. The molecule has 3 rings (SSSR count). The van der Waals surface area contributed by atoms with Crippen molar-refractivity contribution in [2.75, 3.05) is 13.7 Å². The van der Waals surface area contributed by atoms with E-state index in [0.29, 0.717) is 5.88 Å². The van der Waals surface area contributed by atoms with E-state index in [4.69, 9.17) is 4.74 Å². The monoisotopic (exact) mass is 232 g/mol. The average Bonchev–Trinajstić information content (AvgIpc) is 3.07. The molecule has 1 aliphatic rings. The molecule has 0 radical (unpaired) electrons. The van der Waals surface area contributed by atoms with Gasteiger partial charge in [-0.1, -0.05) is 0 Å². The highest BCUT2D eigenvalue weighted by molar-refractivity contribution is 5.71. The number of fused-ring (bicyclic) bond motifs is 1. The molecule has 1 saturated carbocycles. The van der Waals surface area contributed by atoms with E-state index >= 15 is 0 Å². The summed E-state index contributed by atoms with van der Waals surface area (Å²) in [6.07, 6.45) is 3.55. The summed E-state index contributed by atoms with van der Waals surface area (Å²) in [5, 5.41) is 3.47. The van der Waals surface area contributed by atoms with Crippen molar-refractivity contribution >= 4 is 11.2 Å². The molecule has 0 aromatic carbocycles. The molecule has 0 aliphatic heterocycles. The Balaban J connectivity index is 1.71. The third-order valence-electron chi connectivity index (χ3n) is 2.95. The Bertz CT molecular complexity index is 518. The molecule has 1 fully saturated rings. The zero-order chi connectivity index (χ0) is 11.7. The molecule has 2 N–H and O–H groups in total. The van der Waals surface area contributed by atoms with E-state index in [1.807, 2.05) is 12.1 Å². The highest BCUT2D eigenvalue weighted by atomic mass is 16.5. The summed E-state index contributed by atoms with van der Waals surface area (Å²) < 4.78 is 5.08. The maximum absolute atomic E-state index is 5.08. The van der Waals surface area contributed by atoms with Gasteiger partial charge in [-0.15, -0.1) is 0 Å². The number of hydrogen-bond donors (Lipinski definition) is 2. The minimum atomic E-state index is 0.603. The van der Waals surface area contributed by atoms with Crippen LogP contribution in [-0.2, 0) is 6.42 Å². The second-order valence-electron chi connectivity index (χ2n) is 4.39. The fourth-order valence-electron chi connectivity index (χ4n) is 1.84. The summed E-state index contributed by atoms with van der Waals surface area (Å²) in [5.74, 6) is 1.58. The molecule has 2 aromatic heterocycles. The maximum atomic E-state index is 5.08. The molecule has 0 saturated heterocycles. The molecular formula is C12H16N4O. The van der Waals surface area contributed by atoms with Gasteiger partial charge in [0.15, 0.2) is 5.65 Å². The number of ether oxygens (including phenoxy) is 1. The smallest absolute Gasteiger partial charge is 0.215 e. The standard InChI is InChI=1S/C12H16N4O/c1-17-11-5-4-9-12(16-11)15-10(14-9)6-7-13-8-2-3-8/h4-5,8,13H,2-3,6-7H2,1H3,(H,14,15,16). The van der Waals surface area contributed by atoms with Gasteiger partial charge in [0.1, 0.15) is 5.82 Å². The fraction of sp³-hybridized carbons (Fsp3) is 0.500. The molecule has 5 heteroatoms. The number of rotatable bonds is 5. The van der Waals surface area contributed by atoms with E-state index < -0.39 is 0 Å². The van der Waals surface area contributed by atoms with Gasteiger partial charge in [0.05, 0.1) is 12.6 Å². The van der Waals surface area contributed by atoms with Gasteiger partial charge in [0.25, 0.3) is 0 Å². The highest BCUT2D eigenvalue weighted by Crippen LogP contribution is 2.18. The second-order valence-corrected chi connectivity index (χ2v) is 4.39. The summed E-state index contributed by atoms with van der Waals surface area (Å²) in [5.41, 5.74) is 1.69. The summed E-state index contributed by atoms with van der Waals surface area (Å²) in [7, 11) is 1.61. The molecule has 2 aromatic rings. The molecule has 0 bridgehead atoms. The van der Waals surface area contributed by atoms with Gasteiger partial charge in [0.2, 0.25) is 5.88 Å². The lowest BCUT2D eigenvalue weighted by atomic mass is 10.4. The first-order valence-corrected chi connectivity index (χ1v) is 5.98. The van der Waals surface area contributed by atoms with E-state index in [2.05, 4.69) is 20.3 Å². The summed E-state index contributed by atoms with van der Waals surface area (Å²) in [4.78, 5) is 12.0. The minimum absolute atomic E-state index is 0.603. The van der Waals surface area contributed by atoms with Gasteiger partial charge in [-0.25, -0.2) is 4.98 Å². The van der Waals surface area contributed by atoms with Crippen LogP contribution >= 0.6 is 0 Å². The molecule has 17 heavy (non-hydrogen) atoms. The van der Waals surface area contributed by atoms with Crippen molar-refractivity contribution in [3.05, 3.63) is 18.0 Å². The fourth-order valence-corrected chi connectivity index (χ4v) is 1.84. The number of H-pyrrole nitrogens is 1. The zero-order valence-corrected chi connectivity index (χ0v) is 9.86. The first-order valence-electron chi connectivity index (χ1n) is 5.98. The predicted octanol–water partition coefficient (Wildman–Crippen LogP) is 1.26.